The first-order chi connectivity index (χ1) is 26.9. The van der Waals surface area contributed by atoms with Crippen LogP contribution in [0.4, 0.5) is 4.39 Å². The van der Waals surface area contributed by atoms with Crippen molar-refractivity contribution in [2.75, 3.05) is 0 Å². The minimum absolute atomic E-state index is 0. The first kappa shape index (κ1) is 26.6. The van der Waals surface area contributed by atoms with Crippen molar-refractivity contribution in [3.05, 3.63) is 138 Å². The van der Waals surface area contributed by atoms with Crippen molar-refractivity contribution in [2.24, 2.45) is 5.41 Å². The number of aromatic nitrogens is 2. The van der Waals surface area contributed by atoms with E-state index in [1.54, 1.807) is 32.9 Å². The SMILES string of the molecule is C[Si](C)(C)c1ccc(-c2[c-]cc(F)cc2)nc1.[2H]c1cc(C([2H])([2H])C(C)(C)C)cc(C([2H])([2H])[2H])c1-c1cc(-c2[c-]ccc3c2oc2ccccc23)ncc1C([2H])([2H])[2H].[Ir]. The van der Waals surface area contributed by atoms with E-state index in [4.69, 9.17) is 16.8 Å². The van der Waals surface area contributed by atoms with Gasteiger partial charge in [-0.15, -0.1) is 48.0 Å². The van der Waals surface area contributed by atoms with Gasteiger partial charge in [-0.25, -0.2) is 0 Å². The van der Waals surface area contributed by atoms with E-state index in [-0.39, 0.29) is 59.8 Å². The van der Waals surface area contributed by atoms with Crippen LogP contribution in [0.5, 0.6) is 0 Å². The quantitative estimate of drug-likeness (QED) is 0.128. The molecule has 7 aromatic rings. The molecule has 3 heterocycles. The zero-order valence-electron chi connectivity index (χ0n) is 37.8. The zero-order valence-corrected chi connectivity index (χ0v) is 32.1. The van der Waals surface area contributed by atoms with Crippen molar-refractivity contribution in [3.63, 3.8) is 0 Å². The summed E-state index contributed by atoms with van der Waals surface area (Å²) in [7, 11) is -1.30. The minimum atomic E-state index is -2.77. The number of benzene rings is 4. The summed E-state index contributed by atoms with van der Waals surface area (Å²) in [5.41, 5.74) is 2.08. The van der Waals surface area contributed by atoms with E-state index in [0.717, 1.165) is 22.0 Å². The third kappa shape index (κ3) is 8.38. The van der Waals surface area contributed by atoms with E-state index < -0.39 is 33.6 Å². The molecule has 6 heteroatoms. The fraction of sp³-hybridized carbons (Fsp3) is 0.227. The zero-order chi connectivity index (χ0) is 42.6. The summed E-state index contributed by atoms with van der Waals surface area (Å²) in [5, 5.41) is 3.03. The molecule has 257 valence electrons. The van der Waals surface area contributed by atoms with Crippen molar-refractivity contribution in [1.29, 1.82) is 0 Å². The Hall–Kier alpha value is -4.22. The summed E-state index contributed by atoms with van der Waals surface area (Å²) in [6.45, 7) is 6.49. The second kappa shape index (κ2) is 14.9. The van der Waals surface area contributed by atoms with Crippen molar-refractivity contribution in [2.45, 2.75) is 60.5 Å². The summed E-state index contributed by atoms with van der Waals surface area (Å²) in [4.78, 5) is 8.85. The maximum atomic E-state index is 12.8. The molecule has 50 heavy (non-hydrogen) atoms. The molecule has 3 aromatic heterocycles. The summed E-state index contributed by atoms with van der Waals surface area (Å²) >= 11 is 0. The Balaban J connectivity index is 0.000000307. The van der Waals surface area contributed by atoms with E-state index in [1.165, 1.54) is 41.7 Å². The Kier molecular flexibility index (Phi) is 7.94. The first-order valence-electron chi connectivity index (χ1n) is 20.5. The van der Waals surface area contributed by atoms with E-state index >= 15 is 0 Å². The fourth-order valence-corrected chi connectivity index (χ4v) is 6.50. The number of aryl methyl sites for hydroxylation is 2. The number of para-hydroxylation sites is 1. The van der Waals surface area contributed by atoms with Gasteiger partial charge in [0, 0.05) is 54.7 Å². The van der Waals surface area contributed by atoms with Crippen LogP contribution in [0.25, 0.3) is 55.6 Å². The van der Waals surface area contributed by atoms with Gasteiger partial charge in [0.1, 0.15) is 5.58 Å². The number of halogens is 1. The van der Waals surface area contributed by atoms with Gasteiger partial charge in [0.05, 0.1) is 15.0 Å². The van der Waals surface area contributed by atoms with Crippen LogP contribution in [0.1, 0.15) is 49.8 Å². The maximum Gasteiger partial charge on any atom is 0.120 e. The average molecular weight is 864 g/mol. The molecule has 0 N–H and O–H groups in total. The Morgan fingerprint density at radius 2 is 1.64 bits per heavy atom. The number of fused-ring (bicyclic) bond motifs is 3. The van der Waals surface area contributed by atoms with Crippen molar-refractivity contribution in [1.82, 2.24) is 9.97 Å². The van der Waals surface area contributed by atoms with Crippen LogP contribution < -0.4 is 5.19 Å². The monoisotopic (exact) mass is 864 g/mol. The van der Waals surface area contributed by atoms with Crippen LogP contribution in [-0.4, -0.2) is 18.0 Å². The molecule has 1 radical (unpaired) electrons. The number of nitrogens with zero attached hydrogens (tertiary/aromatic N) is 2. The summed E-state index contributed by atoms with van der Waals surface area (Å²) in [5.74, 6) is -0.271. The van der Waals surface area contributed by atoms with Crippen molar-refractivity contribution >= 4 is 35.2 Å². The molecule has 0 aliphatic heterocycles. The Bertz CT molecular complexity index is 2610. The van der Waals surface area contributed by atoms with Crippen LogP contribution >= 0.6 is 0 Å². The van der Waals surface area contributed by atoms with Crippen LogP contribution in [0.2, 0.25) is 19.6 Å². The molecule has 0 bridgehead atoms. The van der Waals surface area contributed by atoms with Crippen LogP contribution in [0.15, 0.2) is 108 Å². The van der Waals surface area contributed by atoms with Gasteiger partial charge >= 0.3 is 0 Å². The van der Waals surface area contributed by atoms with Crippen LogP contribution in [0, 0.1) is 37.1 Å². The molecule has 4 aromatic carbocycles. The topological polar surface area (TPSA) is 38.9 Å². The summed E-state index contributed by atoms with van der Waals surface area (Å²) in [6.07, 6.45) is 1.14. The molecule has 0 atom stereocenters. The molecular formula is C44H43FIrN2OSi-2. The molecule has 0 saturated carbocycles. The number of hydrogen-bond donors (Lipinski definition) is 0. The number of furan rings is 1. The molecule has 0 unspecified atom stereocenters. The van der Waals surface area contributed by atoms with Gasteiger partial charge < -0.3 is 14.4 Å². The van der Waals surface area contributed by atoms with E-state index in [0.29, 0.717) is 22.4 Å². The van der Waals surface area contributed by atoms with Gasteiger partial charge in [0.15, 0.2) is 0 Å². The van der Waals surface area contributed by atoms with E-state index in [2.05, 4.69) is 47.8 Å². The van der Waals surface area contributed by atoms with Gasteiger partial charge in [-0.2, -0.15) is 0 Å². The minimum Gasteiger partial charge on any atom is -0.501 e. The molecule has 0 aliphatic carbocycles. The molecular weight excluding hydrogens is 812 g/mol. The van der Waals surface area contributed by atoms with Gasteiger partial charge in [0.2, 0.25) is 0 Å². The molecule has 0 spiro atoms. The number of hydrogen-bond acceptors (Lipinski definition) is 3. The summed E-state index contributed by atoms with van der Waals surface area (Å²) in [6, 6.07) is 29.3. The third-order valence-electron chi connectivity index (χ3n) is 7.91. The van der Waals surface area contributed by atoms with Gasteiger partial charge in [-0.3, -0.25) is 4.39 Å². The molecule has 0 fully saturated rings. The Labute approximate surface area is 323 Å². The van der Waals surface area contributed by atoms with Crippen LogP contribution in [-0.2, 0) is 26.5 Å². The third-order valence-corrected chi connectivity index (χ3v) is 9.94. The predicted molar refractivity (Wildman–Crippen MR) is 205 cm³/mol. The van der Waals surface area contributed by atoms with Crippen molar-refractivity contribution < 1.29 is 41.2 Å². The second-order valence-corrected chi connectivity index (χ2v) is 19.0. The Morgan fingerprint density at radius 3 is 2.32 bits per heavy atom. The predicted octanol–water partition coefficient (Wildman–Crippen LogP) is 11.6. The molecule has 0 saturated heterocycles. The normalized spacial score (nSPS) is 15.1. The second-order valence-electron chi connectivity index (χ2n) is 14.0. The van der Waals surface area contributed by atoms with Gasteiger partial charge in [0.25, 0.3) is 0 Å². The number of pyridine rings is 2. The fourth-order valence-electron chi connectivity index (χ4n) is 5.47. The summed E-state index contributed by atoms with van der Waals surface area (Å²) < 4.78 is 94.5. The average Bonchev–Trinajstić information content (AvgIpc) is 3.52. The van der Waals surface area contributed by atoms with Gasteiger partial charge in [-0.1, -0.05) is 106 Å². The first-order valence-corrected chi connectivity index (χ1v) is 19.5. The number of rotatable bonds is 5. The van der Waals surface area contributed by atoms with E-state index in [9.17, 15) is 4.39 Å². The Morgan fingerprint density at radius 1 is 0.860 bits per heavy atom. The van der Waals surface area contributed by atoms with E-state index in [1.807, 2.05) is 42.6 Å². The molecule has 7 rings (SSSR count). The van der Waals surface area contributed by atoms with Crippen molar-refractivity contribution in [3.8, 4) is 33.6 Å². The maximum absolute atomic E-state index is 12.8. The molecule has 3 nitrogen and oxygen atoms in total. The largest absolute Gasteiger partial charge is 0.501 e. The molecule has 0 amide bonds. The van der Waals surface area contributed by atoms with Crippen LogP contribution in [0.3, 0.4) is 0 Å². The standard InChI is InChI=1S/C30H28NO.C14H15FNSi.Ir/c1-19-15-21(17-30(3,4)5)13-14-22(19)26-16-27(31-18-20(26)2)25-11-8-10-24-23-9-6-7-12-28(23)32-29(24)25;1-17(2,3)13-8-9-14(16-10-13)11-4-6-12(15)7-5-11;/h6-10,12-16,18H,17H2,1-5H3;4,6-10H,1-3H3;/q2*-1;/i1D3,2D3,14D,17D2;;. The molecule has 0 aliphatic rings. The smallest absolute Gasteiger partial charge is 0.120 e. The van der Waals surface area contributed by atoms with Gasteiger partial charge in [-0.05, 0) is 75.9 Å².